The van der Waals surface area contributed by atoms with Gasteiger partial charge in [0.15, 0.2) is 0 Å². The van der Waals surface area contributed by atoms with Crippen molar-refractivity contribution in [1.82, 2.24) is 15.1 Å². The van der Waals surface area contributed by atoms with Crippen molar-refractivity contribution in [2.24, 2.45) is 0 Å². The number of aliphatic carboxylic acids is 1. The molecular weight excluding hydrogens is 686 g/mol. The van der Waals surface area contributed by atoms with Crippen molar-refractivity contribution in [3.05, 3.63) is 75.8 Å². The third-order valence-corrected chi connectivity index (χ3v) is 10.5. The lowest BCUT2D eigenvalue weighted by Crippen LogP contribution is -2.52. The number of halogens is 1. The molecule has 0 aromatic heterocycles. The first-order valence-electron chi connectivity index (χ1n) is 18.3. The van der Waals surface area contributed by atoms with Crippen molar-refractivity contribution in [2.45, 2.75) is 77.4 Å². The predicted octanol–water partition coefficient (Wildman–Crippen LogP) is 4.80. The molecule has 3 aromatic carbocycles. The average molecular weight is 740 g/mol. The van der Waals surface area contributed by atoms with Gasteiger partial charge in [-0.05, 0) is 86.4 Å². The van der Waals surface area contributed by atoms with Crippen LogP contribution in [0.4, 0.5) is 0 Å². The SMILES string of the molecule is Cc1c(COc2cc(OCCCN3CC[C@@H](O)C3)c(CN[C@](C)(CO)C(=O)O)cc2Cl)cccc1-c1cccc(OCCCN2CC[C@@H](O)C2)c1C. The highest BCUT2D eigenvalue weighted by Crippen LogP contribution is 2.36. The maximum absolute atomic E-state index is 11.8. The van der Waals surface area contributed by atoms with Crippen molar-refractivity contribution in [1.29, 1.82) is 0 Å². The molecule has 3 atom stereocenters. The molecule has 2 aliphatic rings. The minimum atomic E-state index is -1.54. The van der Waals surface area contributed by atoms with Crippen LogP contribution in [0.3, 0.4) is 0 Å². The van der Waals surface area contributed by atoms with Crippen molar-refractivity contribution < 1.29 is 39.4 Å². The first kappa shape index (κ1) is 39.8. The average Bonchev–Trinajstić information content (AvgIpc) is 3.75. The number of aliphatic hydroxyl groups is 3. The highest BCUT2D eigenvalue weighted by atomic mass is 35.5. The zero-order chi connectivity index (χ0) is 37.3. The van der Waals surface area contributed by atoms with Gasteiger partial charge in [-0.15, -0.1) is 0 Å². The van der Waals surface area contributed by atoms with E-state index < -0.39 is 18.1 Å². The van der Waals surface area contributed by atoms with Crippen molar-refractivity contribution in [2.75, 3.05) is 59.1 Å². The second-order valence-corrected chi connectivity index (χ2v) is 14.6. The van der Waals surface area contributed by atoms with Gasteiger partial charge in [-0.1, -0.05) is 41.9 Å². The number of β-amino-alcohol motifs (C(OH)–C–C–N with tert-alkyl or cyclic N) is 2. The van der Waals surface area contributed by atoms with Crippen LogP contribution < -0.4 is 19.5 Å². The van der Waals surface area contributed by atoms with E-state index in [0.29, 0.717) is 41.8 Å². The Morgan fingerprint density at radius 3 is 2.02 bits per heavy atom. The molecule has 2 aliphatic heterocycles. The fraction of sp³-hybridized carbons (Fsp3) is 0.525. The fourth-order valence-corrected chi connectivity index (χ4v) is 7.01. The predicted molar refractivity (Wildman–Crippen MR) is 201 cm³/mol. The van der Waals surface area contributed by atoms with E-state index >= 15 is 0 Å². The Morgan fingerprint density at radius 2 is 1.44 bits per heavy atom. The molecule has 12 heteroatoms. The van der Waals surface area contributed by atoms with E-state index in [1.54, 1.807) is 12.1 Å². The molecule has 0 saturated carbocycles. The Kier molecular flexibility index (Phi) is 14.2. The van der Waals surface area contributed by atoms with Crippen LogP contribution in [0.1, 0.15) is 54.9 Å². The Bertz CT molecular complexity index is 1660. The molecule has 5 rings (SSSR count). The smallest absolute Gasteiger partial charge is 0.326 e. The lowest BCUT2D eigenvalue weighted by Gasteiger charge is -2.25. The standard InChI is InChI=1S/C40H54ClN3O8/c1-27-29(8-4-9-33(27)34-10-5-11-36(28(34)2)50-18-6-14-43-16-12-31(46)23-43)25-52-38-21-37(51-19-7-15-44-17-13-32(47)24-44)30(20-35(38)41)22-42-40(3,26-45)39(48)49/h4-5,8-11,20-21,31-32,42,45-47H,6-7,12-19,22-26H2,1-3H3,(H,48,49)/t31-,32-,40-/m1/s1. The molecule has 0 unspecified atom stereocenters. The Hall–Kier alpha value is -3.42. The summed E-state index contributed by atoms with van der Waals surface area (Å²) < 4.78 is 18.8. The number of benzene rings is 3. The minimum Gasteiger partial charge on any atom is -0.493 e. The number of carboxylic acids is 1. The van der Waals surface area contributed by atoms with Crippen LogP contribution in [-0.4, -0.2) is 113 Å². The second kappa shape index (κ2) is 18.6. The van der Waals surface area contributed by atoms with E-state index in [9.17, 15) is 25.2 Å². The maximum Gasteiger partial charge on any atom is 0.326 e. The molecule has 2 heterocycles. The number of carbonyl (C=O) groups is 1. The van der Waals surface area contributed by atoms with Gasteiger partial charge >= 0.3 is 5.97 Å². The van der Waals surface area contributed by atoms with Gasteiger partial charge in [-0.3, -0.25) is 10.1 Å². The minimum absolute atomic E-state index is 0.100. The third-order valence-electron chi connectivity index (χ3n) is 10.2. The van der Waals surface area contributed by atoms with Crippen LogP contribution in [0.5, 0.6) is 17.2 Å². The molecule has 11 nitrogen and oxygen atoms in total. The Morgan fingerprint density at radius 1 is 0.846 bits per heavy atom. The van der Waals surface area contributed by atoms with E-state index in [-0.39, 0.29) is 25.4 Å². The largest absolute Gasteiger partial charge is 0.493 e. The van der Waals surface area contributed by atoms with Crippen LogP contribution in [0.2, 0.25) is 5.02 Å². The van der Waals surface area contributed by atoms with Crippen LogP contribution in [0.25, 0.3) is 11.1 Å². The summed E-state index contributed by atoms with van der Waals surface area (Å²) in [6, 6.07) is 15.7. The number of hydrogen-bond donors (Lipinski definition) is 5. The monoisotopic (exact) mass is 739 g/mol. The first-order valence-corrected chi connectivity index (χ1v) is 18.6. The van der Waals surface area contributed by atoms with Crippen molar-refractivity contribution in [3.63, 3.8) is 0 Å². The van der Waals surface area contributed by atoms with E-state index in [1.165, 1.54) is 6.92 Å². The lowest BCUT2D eigenvalue weighted by atomic mass is 9.93. The van der Waals surface area contributed by atoms with Gasteiger partial charge in [-0.25, -0.2) is 0 Å². The highest BCUT2D eigenvalue weighted by molar-refractivity contribution is 6.32. The van der Waals surface area contributed by atoms with E-state index in [1.807, 2.05) is 24.3 Å². The van der Waals surface area contributed by atoms with Crippen LogP contribution in [-0.2, 0) is 17.9 Å². The summed E-state index contributed by atoms with van der Waals surface area (Å²) in [5.41, 5.74) is 4.41. The zero-order valence-electron chi connectivity index (χ0n) is 30.6. The summed E-state index contributed by atoms with van der Waals surface area (Å²) >= 11 is 6.74. The third kappa shape index (κ3) is 10.4. The normalized spacial score (nSPS) is 19.1. The molecule has 0 aliphatic carbocycles. The number of likely N-dealkylation sites (tertiary alicyclic amines) is 2. The van der Waals surface area contributed by atoms with Crippen LogP contribution in [0, 0.1) is 13.8 Å². The van der Waals surface area contributed by atoms with Gasteiger partial charge in [0.1, 0.15) is 29.4 Å². The van der Waals surface area contributed by atoms with Gasteiger partial charge in [0.05, 0.1) is 37.1 Å². The highest BCUT2D eigenvalue weighted by Gasteiger charge is 2.32. The molecule has 0 amide bonds. The number of rotatable bonds is 19. The summed E-state index contributed by atoms with van der Waals surface area (Å²) in [5.74, 6) is 0.633. The Labute approximate surface area is 312 Å². The van der Waals surface area contributed by atoms with Gasteiger partial charge < -0.3 is 44.4 Å². The quantitative estimate of drug-likeness (QED) is 0.108. The number of aliphatic hydroxyl groups excluding tert-OH is 3. The molecule has 0 spiro atoms. The molecule has 0 bridgehead atoms. The topological polar surface area (TPSA) is 144 Å². The second-order valence-electron chi connectivity index (χ2n) is 14.2. The van der Waals surface area contributed by atoms with E-state index in [4.69, 9.17) is 25.8 Å². The number of ether oxygens (including phenoxy) is 3. The van der Waals surface area contributed by atoms with Crippen LogP contribution >= 0.6 is 11.6 Å². The summed E-state index contributed by atoms with van der Waals surface area (Å²) in [5, 5.41) is 42.3. The molecular formula is C40H54ClN3O8. The van der Waals surface area contributed by atoms with Crippen molar-refractivity contribution >= 4 is 17.6 Å². The molecule has 5 N–H and O–H groups in total. The number of nitrogens with zero attached hydrogens (tertiary/aromatic N) is 2. The van der Waals surface area contributed by atoms with Crippen LogP contribution in [0.15, 0.2) is 48.5 Å². The summed E-state index contributed by atoms with van der Waals surface area (Å²) in [6.45, 7) is 11.3. The molecule has 2 saturated heterocycles. The lowest BCUT2D eigenvalue weighted by molar-refractivity contribution is -0.145. The van der Waals surface area contributed by atoms with Gasteiger partial charge in [0.25, 0.3) is 0 Å². The number of nitrogens with one attached hydrogen (secondary N) is 1. The van der Waals surface area contributed by atoms with E-state index in [2.05, 4.69) is 41.1 Å². The number of hydrogen-bond acceptors (Lipinski definition) is 10. The molecule has 2 fully saturated rings. The van der Waals surface area contributed by atoms with Gasteiger partial charge in [-0.2, -0.15) is 0 Å². The first-order chi connectivity index (χ1) is 25.0. The molecule has 0 radical (unpaired) electrons. The Balaban J connectivity index is 1.27. The molecule has 284 valence electrons. The van der Waals surface area contributed by atoms with E-state index in [0.717, 1.165) is 92.0 Å². The summed E-state index contributed by atoms with van der Waals surface area (Å²) in [6.07, 6.45) is 2.75. The van der Waals surface area contributed by atoms with Gasteiger partial charge in [0.2, 0.25) is 0 Å². The van der Waals surface area contributed by atoms with Gasteiger partial charge in [0, 0.05) is 57.4 Å². The maximum atomic E-state index is 11.8. The zero-order valence-corrected chi connectivity index (χ0v) is 31.3. The summed E-state index contributed by atoms with van der Waals surface area (Å²) in [4.78, 5) is 16.3. The number of carboxylic acid groups (broad SMARTS) is 1. The fourth-order valence-electron chi connectivity index (χ4n) is 6.77. The molecule has 52 heavy (non-hydrogen) atoms. The molecule has 3 aromatic rings. The summed E-state index contributed by atoms with van der Waals surface area (Å²) in [7, 11) is 0. The van der Waals surface area contributed by atoms with Crippen molar-refractivity contribution in [3.8, 4) is 28.4 Å².